The van der Waals surface area contributed by atoms with E-state index in [4.69, 9.17) is 0 Å². The Morgan fingerprint density at radius 1 is 1.07 bits per heavy atom. The predicted octanol–water partition coefficient (Wildman–Crippen LogP) is 2.94. The quantitative estimate of drug-likeness (QED) is 0.759. The zero-order valence-corrected chi connectivity index (χ0v) is 16.0. The van der Waals surface area contributed by atoms with Gasteiger partial charge in [0.25, 0.3) is 0 Å². The molecule has 0 aliphatic carbocycles. The van der Waals surface area contributed by atoms with Crippen molar-refractivity contribution in [2.24, 2.45) is 5.92 Å². The van der Waals surface area contributed by atoms with Crippen LogP contribution in [0.5, 0.6) is 0 Å². The smallest absolute Gasteiger partial charge is 0.143 e. The van der Waals surface area contributed by atoms with Crippen LogP contribution in [0.15, 0.2) is 30.7 Å². The molecule has 6 nitrogen and oxygen atoms in total. The Labute approximate surface area is 164 Å². The Morgan fingerprint density at radius 2 is 2.00 bits per heavy atom. The summed E-state index contributed by atoms with van der Waals surface area (Å²) in [6.07, 6.45) is 11.6. The standard InChI is InChI=1S/C22H25N5O/c28-21(15-4-3-6-23-11-15)10-18-8-16-9-19(25-13-17(16)12-24-18)20-14-26-22-5-1-2-7-27(20)22/h8-9,12-15,23H,1-7,10-11H2/t15-/m1/s1. The minimum atomic E-state index is 0.123. The van der Waals surface area contributed by atoms with Gasteiger partial charge in [-0.1, -0.05) is 0 Å². The second-order valence-electron chi connectivity index (χ2n) is 7.95. The zero-order chi connectivity index (χ0) is 18.9. The molecule has 5 rings (SSSR count). The minimum Gasteiger partial charge on any atom is -0.327 e. The molecule has 0 aromatic carbocycles. The molecule has 1 saturated heterocycles. The molecule has 0 amide bonds. The van der Waals surface area contributed by atoms with Gasteiger partial charge in [-0.2, -0.15) is 0 Å². The number of rotatable bonds is 4. The summed E-state index contributed by atoms with van der Waals surface area (Å²) in [7, 11) is 0. The molecular weight excluding hydrogens is 350 g/mol. The minimum absolute atomic E-state index is 0.123. The average Bonchev–Trinajstić information content (AvgIpc) is 3.18. The van der Waals surface area contributed by atoms with Crippen molar-refractivity contribution in [1.82, 2.24) is 24.8 Å². The normalized spacial score (nSPS) is 19.5. The fourth-order valence-electron chi connectivity index (χ4n) is 4.39. The first-order valence-corrected chi connectivity index (χ1v) is 10.3. The van der Waals surface area contributed by atoms with Gasteiger partial charge >= 0.3 is 0 Å². The highest BCUT2D eigenvalue weighted by atomic mass is 16.1. The lowest BCUT2D eigenvalue weighted by atomic mass is 9.92. The molecule has 0 saturated carbocycles. The zero-order valence-electron chi connectivity index (χ0n) is 16.0. The van der Waals surface area contributed by atoms with Gasteiger partial charge in [-0.25, -0.2) is 4.98 Å². The Kier molecular flexibility index (Phi) is 4.64. The van der Waals surface area contributed by atoms with E-state index in [1.54, 1.807) is 0 Å². The van der Waals surface area contributed by atoms with Crippen LogP contribution in [-0.4, -0.2) is 38.4 Å². The lowest BCUT2D eigenvalue weighted by Gasteiger charge is -2.21. The summed E-state index contributed by atoms with van der Waals surface area (Å²) in [5.74, 6) is 1.57. The van der Waals surface area contributed by atoms with Crippen molar-refractivity contribution in [3.05, 3.63) is 42.2 Å². The number of carbonyl (C=O) groups is 1. The Morgan fingerprint density at radius 3 is 2.89 bits per heavy atom. The second-order valence-corrected chi connectivity index (χ2v) is 7.95. The number of aromatic nitrogens is 4. The van der Waals surface area contributed by atoms with Crippen molar-refractivity contribution >= 4 is 16.6 Å². The van der Waals surface area contributed by atoms with Crippen molar-refractivity contribution in [1.29, 1.82) is 0 Å². The first-order valence-electron chi connectivity index (χ1n) is 10.3. The molecule has 2 aliphatic rings. The van der Waals surface area contributed by atoms with Crippen LogP contribution in [-0.2, 0) is 24.2 Å². The van der Waals surface area contributed by atoms with Crippen LogP contribution in [0.25, 0.3) is 22.2 Å². The number of imidazole rings is 1. The van der Waals surface area contributed by atoms with Gasteiger partial charge < -0.3 is 9.88 Å². The second kappa shape index (κ2) is 7.43. The van der Waals surface area contributed by atoms with Crippen LogP contribution in [0.4, 0.5) is 0 Å². The molecule has 144 valence electrons. The van der Waals surface area contributed by atoms with Crippen molar-refractivity contribution < 1.29 is 4.79 Å². The Bertz CT molecular complexity index is 1020. The molecule has 6 heteroatoms. The van der Waals surface area contributed by atoms with Crippen LogP contribution in [0, 0.1) is 5.92 Å². The van der Waals surface area contributed by atoms with E-state index in [9.17, 15) is 4.79 Å². The summed E-state index contributed by atoms with van der Waals surface area (Å²) < 4.78 is 2.29. The summed E-state index contributed by atoms with van der Waals surface area (Å²) in [6, 6.07) is 4.15. The summed E-state index contributed by atoms with van der Waals surface area (Å²) in [5.41, 5.74) is 2.86. The first kappa shape index (κ1) is 17.5. The van der Waals surface area contributed by atoms with Gasteiger partial charge in [0.05, 0.1) is 17.6 Å². The van der Waals surface area contributed by atoms with E-state index in [0.717, 1.165) is 72.6 Å². The maximum absolute atomic E-state index is 12.6. The maximum atomic E-state index is 12.6. The fourth-order valence-corrected chi connectivity index (χ4v) is 4.39. The van der Waals surface area contributed by atoms with Crippen LogP contribution in [0.1, 0.15) is 37.2 Å². The van der Waals surface area contributed by atoms with Crippen LogP contribution >= 0.6 is 0 Å². The number of Topliss-reactive ketones (excluding diaryl/α,β-unsaturated/α-hetero) is 1. The third kappa shape index (κ3) is 3.33. The maximum Gasteiger partial charge on any atom is 0.143 e. The van der Waals surface area contributed by atoms with E-state index in [1.807, 2.05) is 24.7 Å². The highest BCUT2D eigenvalue weighted by molar-refractivity contribution is 5.87. The number of ketones is 1. The molecule has 1 atom stereocenters. The summed E-state index contributed by atoms with van der Waals surface area (Å²) in [4.78, 5) is 26.3. The molecule has 28 heavy (non-hydrogen) atoms. The predicted molar refractivity (Wildman–Crippen MR) is 108 cm³/mol. The molecule has 2 aliphatic heterocycles. The number of aryl methyl sites for hydroxylation is 1. The van der Waals surface area contributed by atoms with Crippen LogP contribution in [0.3, 0.4) is 0 Å². The van der Waals surface area contributed by atoms with E-state index < -0.39 is 0 Å². The van der Waals surface area contributed by atoms with Gasteiger partial charge in [-0.05, 0) is 49.7 Å². The number of carbonyl (C=O) groups excluding carboxylic acids is 1. The SMILES string of the molecule is O=C(Cc1cc2cc(-c3cnc4n3CCCC4)ncc2cn1)[C@@H]1CCCNC1. The number of hydrogen-bond donors (Lipinski definition) is 1. The van der Waals surface area contributed by atoms with Gasteiger partial charge in [0.2, 0.25) is 0 Å². The monoisotopic (exact) mass is 375 g/mol. The molecular formula is C22H25N5O. The average molecular weight is 375 g/mol. The van der Waals surface area contributed by atoms with Crippen molar-refractivity contribution in [3.63, 3.8) is 0 Å². The van der Waals surface area contributed by atoms with Crippen LogP contribution in [0.2, 0.25) is 0 Å². The molecule has 0 radical (unpaired) electrons. The van der Waals surface area contributed by atoms with E-state index >= 15 is 0 Å². The summed E-state index contributed by atoms with van der Waals surface area (Å²) in [5, 5.41) is 5.40. The van der Waals surface area contributed by atoms with E-state index in [-0.39, 0.29) is 11.7 Å². The third-order valence-electron chi connectivity index (χ3n) is 6.00. The topological polar surface area (TPSA) is 72.7 Å². The number of piperidine rings is 1. The molecule has 0 spiro atoms. The van der Waals surface area contributed by atoms with E-state index in [2.05, 4.69) is 30.9 Å². The lowest BCUT2D eigenvalue weighted by molar-refractivity contribution is -0.122. The lowest BCUT2D eigenvalue weighted by Crippen LogP contribution is -2.35. The van der Waals surface area contributed by atoms with E-state index in [0.29, 0.717) is 6.42 Å². The van der Waals surface area contributed by atoms with Gasteiger partial charge in [-0.15, -0.1) is 0 Å². The summed E-state index contributed by atoms with van der Waals surface area (Å²) >= 11 is 0. The summed E-state index contributed by atoms with van der Waals surface area (Å²) in [6.45, 7) is 2.83. The molecule has 3 aromatic heterocycles. The first-order chi connectivity index (χ1) is 13.8. The number of hydrogen-bond acceptors (Lipinski definition) is 5. The van der Waals surface area contributed by atoms with Crippen LogP contribution < -0.4 is 5.32 Å². The highest BCUT2D eigenvalue weighted by Gasteiger charge is 2.21. The van der Waals surface area contributed by atoms with Gasteiger partial charge in [0, 0.05) is 55.3 Å². The van der Waals surface area contributed by atoms with Gasteiger partial charge in [0.15, 0.2) is 0 Å². The largest absolute Gasteiger partial charge is 0.327 e. The molecule has 3 aromatic rings. The Balaban J connectivity index is 1.43. The third-order valence-corrected chi connectivity index (χ3v) is 6.00. The van der Waals surface area contributed by atoms with Crippen molar-refractivity contribution in [3.8, 4) is 11.4 Å². The highest BCUT2D eigenvalue weighted by Crippen LogP contribution is 2.26. The molecule has 1 N–H and O–H groups in total. The van der Waals surface area contributed by atoms with Crippen molar-refractivity contribution in [2.45, 2.75) is 45.1 Å². The molecule has 1 fully saturated rings. The molecule has 0 bridgehead atoms. The molecule has 0 unspecified atom stereocenters. The fraction of sp³-hybridized carbons (Fsp3) is 0.455. The van der Waals surface area contributed by atoms with Gasteiger partial charge in [0.1, 0.15) is 11.6 Å². The van der Waals surface area contributed by atoms with Crippen molar-refractivity contribution in [2.75, 3.05) is 13.1 Å². The van der Waals surface area contributed by atoms with E-state index in [1.165, 1.54) is 12.8 Å². The number of fused-ring (bicyclic) bond motifs is 2. The number of pyridine rings is 2. The number of nitrogens with one attached hydrogen (secondary N) is 1. The number of nitrogens with zero attached hydrogens (tertiary/aromatic N) is 4. The molecule has 5 heterocycles. The Hall–Kier alpha value is -2.60. The van der Waals surface area contributed by atoms with Gasteiger partial charge in [-0.3, -0.25) is 14.8 Å².